The van der Waals surface area contributed by atoms with Crippen molar-refractivity contribution in [3.8, 4) is 0 Å². The van der Waals surface area contributed by atoms with Gasteiger partial charge in [0.15, 0.2) is 0 Å². The zero-order valence-electron chi connectivity index (χ0n) is 9.08. The third-order valence-corrected chi connectivity index (χ3v) is 3.29. The first-order chi connectivity index (χ1) is 8.10. The van der Waals surface area contributed by atoms with Crippen LogP contribution < -0.4 is 16.1 Å². The average Bonchev–Trinajstić information content (AvgIpc) is 2.73. The lowest BCUT2D eigenvalue weighted by molar-refractivity contribution is -0.138. The van der Waals surface area contributed by atoms with E-state index in [1.807, 2.05) is 0 Å². The van der Waals surface area contributed by atoms with Gasteiger partial charge in [0.2, 0.25) is 6.29 Å². The summed E-state index contributed by atoms with van der Waals surface area (Å²) >= 11 is 1.40. The molecule has 17 heavy (non-hydrogen) atoms. The normalized spacial score (nSPS) is 23.9. The summed E-state index contributed by atoms with van der Waals surface area (Å²) in [6, 6.07) is 0. The van der Waals surface area contributed by atoms with E-state index in [9.17, 15) is 9.59 Å². The summed E-state index contributed by atoms with van der Waals surface area (Å²) in [5.41, 5.74) is -1.06. The van der Waals surface area contributed by atoms with Crippen LogP contribution in [0.3, 0.4) is 0 Å². The highest BCUT2D eigenvalue weighted by Crippen LogP contribution is 2.23. The number of ether oxygens (including phenoxy) is 1. The van der Waals surface area contributed by atoms with Crippen LogP contribution in [-0.2, 0) is 4.74 Å². The molecule has 1 aliphatic rings. The molecule has 0 aromatic carbocycles. The first kappa shape index (κ1) is 12.2. The van der Waals surface area contributed by atoms with Gasteiger partial charge in [0.05, 0.1) is 18.6 Å². The number of aryl methyl sites for hydroxylation is 1. The Kier molecular flexibility index (Phi) is 3.55. The molecule has 8 heteroatoms. The quantitative estimate of drug-likeness (QED) is 0.700. The monoisotopic (exact) mass is 260 g/mol. The van der Waals surface area contributed by atoms with Crippen LogP contribution in [0.1, 0.15) is 5.56 Å². The topological polar surface area (TPSA) is 93.6 Å². The number of aliphatic hydroxyl groups excluding tert-OH is 1. The van der Waals surface area contributed by atoms with Gasteiger partial charge in [-0.2, -0.15) is 0 Å². The van der Waals surface area contributed by atoms with Crippen molar-refractivity contribution < 1.29 is 14.7 Å². The Morgan fingerprint density at radius 3 is 3.12 bits per heavy atom. The molecule has 94 valence electrons. The van der Waals surface area contributed by atoms with E-state index in [1.54, 1.807) is 6.92 Å². The molecule has 2 heterocycles. The van der Waals surface area contributed by atoms with E-state index in [0.29, 0.717) is 11.3 Å². The minimum absolute atomic E-state index is 0.107. The van der Waals surface area contributed by atoms with Gasteiger partial charge in [0.1, 0.15) is 5.44 Å². The zero-order chi connectivity index (χ0) is 12.4. The van der Waals surface area contributed by atoms with Gasteiger partial charge in [0, 0.05) is 5.56 Å². The predicted molar refractivity (Wildman–Crippen MR) is 60.8 cm³/mol. The molecule has 1 aliphatic heterocycles. The number of nitrogens with one attached hydrogen (secondary N) is 1. The predicted octanol–water partition coefficient (Wildman–Crippen LogP) is -1.32. The van der Waals surface area contributed by atoms with E-state index < -0.39 is 17.5 Å². The number of H-pyrrole nitrogens is 1. The number of hydrogen-bond acceptors (Lipinski definition) is 6. The molecule has 0 unspecified atom stereocenters. The highest BCUT2D eigenvalue weighted by atomic mass is 32.2. The molecule has 0 amide bonds. The Morgan fingerprint density at radius 1 is 1.71 bits per heavy atom. The van der Waals surface area contributed by atoms with Crippen LogP contribution in [-0.4, -0.2) is 38.9 Å². The van der Waals surface area contributed by atoms with Crippen LogP contribution in [0.15, 0.2) is 15.8 Å². The minimum atomic E-state index is -0.651. The van der Waals surface area contributed by atoms with Crippen molar-refractivity contribution in [3.05, 3.63) is 32.6 Å². The van der Waals surface area contributed by atoms with Crippen molar-refractivity contribution >= 4 is 11.8 Å². The number of aliphatic hydroxyl groups is 1. The molecular weight excluding hydrogens is 248 g/mol. The van der Waals surface area contributed by atoms with Crippen molar-refractivity contribution in [3.63, 3.8) is 0 Å². The van der Waals surface area contributed by atoms with Crippen LogP contribution >= 0.6 is 11.8 Å². The van der Waals surface area contributed by atoms with Crippen molar-refractivity contribution in [1.82, 2.24) is 9.71 Å². The van der Waals surface area contributed by atoms with Crippen molar-refractivity contribution in [2.24, 2.45) is 0 Å². The van der Waals surface area contributed by atoms with E-state index in [4.69, 9.17) is 14.7 Å². The summed E-state index contributed by atoms with van der Waals surface area (Å²) in [6.45, 7) is 1.46. The summed E-state index contributed by atoms with van der Waals surface area (Å²) in [6.07, 6.45) is 0.696. The van der Waals surface area contributed by atoms with E-state index >= 15 is 0 Å². The largest absolute Gasteiger partial charge is 0.393 e. The first-order valence-corrected chi connectivity index (χ1v) is 6.02. The van der Waals surface area contributed by atoms with Crippen molar-refractivity contribution in [1.29, 1.82) is 0 Å². The van der Waals surface area contributed by atoms with Gasteiger partial charge in [-0.25, -0.2) is 4.79 Å². The van der Waals surface area contributed by atoms with Gasteiger partial charge in [-0.3, -0.25) is 9.78 Å². The second-order valence-corrected chi connectivity index (χ2v) is 4.71. The van der Waals surface area contributed by atoms with Crippen LogP contribution in [0.25, 0.3) is 0 Å². The first-order valence-electron chi connectivity index (χ1n) is 4.98. The van der Waals surface area contributed by atoms with Crippen molar-refractivity contribution in [2.75, 3.05) is 12.4 Å². The fourth-order valence-corrected chi connectivity index (χ4v) is 2.15. The molecule has 2 atom stereocenters. The number of aromatic nitrogens is 2. The fourth-order valence-electron chi connectivity index (χ4n) is 1.33. The number of nitrogens with zero attached hydrogens (tertiary/aromatic N) is 1. The smallest absolute Gasteiger partial charge is 0.361 e. The molecule has 0 radical (unpaired) electrons. The van der Waals surface area contributed by atoms with Gasteiger partial charge in [-0.05, 0) is 6.92 Å². The molecule has 0 spiro atoms. The SMILES string of the molecule is Cc1cn(O[C@H]2CS[C@@H](CO)O2)c(=O)[nH]c1=O. The maximum Gasteiger partial charge on any atom is 0.361 e. The maximum atomic E-state index is 11.4. The third-order valence-electron chi connectivity index (χ3n) is 2.19. The molecule has 1 saturated heterocycles. The zero-order valence-corrected chi connectivity index (χ0v) is 9.90. The molecule has 1 fully saturated rings. The molecule has 0 bridgehead atoms. The second kappa shape index (κ2) is 4.94. The van der Waals surface area contributed by atoms with Crippen molar-refractivity contribution in [2.45, 2.75) is 18.6 Å². The Balaban J connectivity index is 2.12. The summed E-state index contributed by atoms with van der Waals surface area (Å²) in [7, 11) is 0. The van der Waals surface area contributed by atoms with Gasteiger partial charge in [-0.1, -0.05) is 0 Å². The molecule has 7 nitrogen and oxygen atoms in total. The second-order valence-electron chi connectivity index (χ2n) is 3.51. The van der Waals surface area contributed by atoms with E-state index in [2.05, 4.69) is 4.98 Å². The van der Waals surface area contributed by atoms with E-state index in [-0.39, 0.29) is 12.0 Å². The lowest BCUT2D eigenvalue weighted by Crippen LogP contribution is -2.39. The molecule has 2 N–H and O–H groups in total. The summed E-state index contributed by atoms with van der Waals surface area (Å²) in [5.74, 6) is 0.510. The Hall–Kier alpha value is -1.25. The van der Waals surface area contributed by atoms with E-state index in [1.165, 1.54) is 18.0 Å². The number of hydrogen-bond donors (Lipinski definition) is 2. The van der Waals surface area contributed by atoms with Gasteiger partial charge in [0.25, 0.3) is 5.56 Å². The van der Waals surface area contributed by atoms with Crippen LogP contribution in [0.5, 0.6) is 0 Å². The summed E-state index contributed by atoms with van der Waals surface area (Å²) < 4.78 is 6.21. The molecule has 0 aliphatic carbocycles. The Bertz CT molecular complexity index is 511. The maximum absolute atomic E-state index is 11.4. The molecule has 0 saturated carbocycles. The van der Waals surface area contributed by atoms with Crippen LogP contribution in [0, 0.1) is 6.92 Å². The Morgan fingerprint density at radius 2 is 2.47 bits per heavy atom. The van der Waals surface area contributed by atoms with Crippen LogP contribution in [0.4, 0.5) is 0 Å². The minimum Gasteiger partial charge on any atom is -0.393 e. The van der Waals surface area contributed by atoms with Gasteiger partial charge in [-0.15, -0.1) is 16.5 Å². The summed E-state index contributed by atoms with van der Waals surface area (Å²) in [5, 5.41) is 8.87. The Labute approximate surface area is 100 Å². The van der Waals surface area contributed by atoms with Crippen LogP contribution in [0.2, 0.25) is 0 Å². The highest BCUT2D eigenvalue weighted by Gasteiger charge is 2.27. The fraction of sp³-hybridized carbons (Fsp3) is 0.556. The molecule has 2 rings (SSSR count). The third kappa shape index (κ3) is 2.71. The van der Waals surface area contributed by atoms with E-state index in [0.717, 1.165) is 4.73 Å². The van der Waals surface area contributed by atoms with Gasteiger partial charge >= 0.3 is 5.69 Å². The molecule has 1 aromatic rings. The number of thioether (sulfide) groups is 1. The average molecular weight is 260 g/mol. The summed E-state index contributed by atoms with van der Waals surface area (Å²) in [4.78, 5) is 29.9. The lowest BCUT2D eigenvalue weighted by Gasteiger charge is -2.14. The molecular formula is C9H12N2O5S. The lowest BCUT2D eigenvalue weighted by atomic mass is 10.4. The standard InChI is InChI=1S/C9H12N2O5S/c1-5-2-11(9(14)10-8(5)13)16-6-4-17-7(3-12)15-6/h2,6-7,12H,3-4H2,1H3,(H,10,13,14)/t6-,7-/m0/s1. The number of aromatic amines is 1. The van der Waals surface area contributed by atoms with Gasteiger partial charge < -0.3 is 14.7 Å². The number of rotatable bonds is 3. The molecule has 1 aromatic heterocycles. The highest BCUT2D eigenvalue weighted by molar-refractivity contribution is 8.00.